The van der Waals surface area contributed by atoms with Gasteiger partial charge >= 0.3 is 11.9 Å². The molecule has 0 unspecified atom stereocenters. The largest absolute Gasteiger partial charge is 0.508 e. The maximum atomic E-state index is 11.9. The number of phenolic OH excluding ortho intramolecular Hbond substituents is 2. The van der Waals surface area contributed by atoms with Crippen molar-refractivity contribution in [2.75, 3.05) is 0 Å². The van der Waals surface area contributed by atoms with E-state index in [4.69, 9.17) is 9.84 Å². The molecular formula is C42H56Br2O7. The van der Waals surface area contributed by atoms with Crippen LogP contribution in [0.4, 0.5) is 0 Å². The number of allylic oxidation sites excluding steroid dienone is 1. The predicted octanol–water partition coefficient (Wildman–Crippen LogP) is 10.8. The summed E-state index contributed by atoms with van der Waals surface area (Å²) in [5.74, 6) is 2.96. The molecule has 0 radical (unpaired) electrons. The molecule has 0 aliphatic heterocycles. The molecular weight excluding hydrogens is 776 g/mol. The van der Waals surface area contributed by atoms with Gasteiger partial charge in [-0.3, -0.25) is 14.4 Å². The van der Waals surface area contributed by atoms with Gasteiger partial charge in [0.25, 0.3) is 0 Å². The highest BCUT2D eigenvalue weighted by Gasteiger charge is 2.59. The molecule has 0 heterocycles. The Hall–Kier alpha value is -2.65. The fraction of sp³-hybridized carbons (Fsp3) is 0.595. The van der Waals surface area contributed by atoms with E-state index in [0.717, 1.165) is 50.9 Å². The molecule has 0 saturated heterocycles. The lowest BCUT2D eigenvalue weighted by molar-refractivity contribution is -0.159. The number of esters is 1. The zero-order chi connectivity index (χ0) is 37.5. The Balaban J connectivity index is 0.000000201. The van der Waals surface area contributed by atoms with Gasteiger partial charge in [0.05, 0.1) is 0 Å². The van der Waals surface area contributed by atoms with Crippen LogP contribution in [0.15, 0.2) is 60.2 Å². The zero-order valence-electron chi connectivity index (χ0n) is 30.7. The Labute approximate surface area is 320 Å². The van der Waals surface area contributed by atoms with E-state index in [-0.39, 0.29) is 22.9 Å². The number of carbonyl (C=O) groups is 3. The van der Waals surface area contributed by atoms with E-state index >= 15 is 0 Å². The molecule has 0 spiro atoms. The molecule has 0 aromatic heterocycles. The number of phenols is 2. The Bertz CT molecular complexity index is 1470. The molecule has 7 nitrogen and oxygen atoms in total. The lowest BCUT2D eigenvalue weighted by Crippen LogP contribution is -2.51. The van der Waals surface area contributed by atoms with Crippen molar-refractivity contribution in [1.29, 1.82) is 0 Å². The molecule has 51 heavy (non-hydrogen) atoms. The molecule has 4 aliphatic carbocycles. The number of carboxylic acid groups (broad SMARTS) is 1. The first kappa shape index (κ1) is 41.1. The van der Waals surface area contributed by atoms with E-state index in [1.165, 1.54) is 36.0 Å². The highest BCUT2D eigenvalue weighted by Crippen LogP contribution is 2.65. The standard InChI is InChI=1S/C22H32O3.C18H22O2.C2H2Br2O2/c1-4-20(24)25-19-8-7-17-16-6-5-14-13-15(23)9-11-21(14,2)18(16)10-12-22(17,19)3;1-3-17(13-5-9-15(19)10-6-13)18(4-2)14-7-11-16(20)12-8-14;3-1(4)2(5)6/h13,16-19H,4-12H2,1-3H3;5-12,17-20H,3-4H2,1-2H3;1H,(H,5,6)/t16-,17-,18-,19-,21-,22-;17-,18+;/m0../s1. The molecule has 3 fully saturated rings. The van der Waals surface area contributed by atoms with Crippen LogP contribution in [0.5, 0.6) is 11.5 Å². The van der Waals surface area contributed by atoms with Crippen LogP contribution in [0.3, 0.4) is 0 Å². The number of hydrogen-bond donors (Lipinski definition) is 3. The molecule has 2 aromatic carbocycles. The third-order valence-corrected chi connectivity index (χ3v) is 13.4. The minimum absolute atomic E-state index is 0.0411. The highest BCUT2D eigenvalue weighted by molar-refractivity contribution is 9.25. The zero-order valence-corrected chi connectivity index (χ0v) is 33.9. The second-order valence-corrected chi connectivity index (χ2v) is 18.3. The summed E-state index contributed by atoms with van der Waals surface area (Å²) in [6, 6.07) is 15.0. The lowest BCUT2D eigenvalue weighted by atomic mass is 9.47. The van der Waals surface area contributed by atoms with Gasteiger partial charge in [-0.05, 0) is 134 Å². The van der Waals surface area contributed by atoms with Crippen LogP contribution < -0.4 is 0 Å². The fourth-order valence-electron chi connectivity index (χ4n) is 9.89. The van der Waals surface area contributed by atoms with Gasteiger partial charge < -0.3 is 20.1 Å². The number of ether oxygens (including phenoxy) is 1. The molecule has 0 bridgehead atoms. The summed E-state index contributed by atoms with van der Waals surface area (Å²) < 4.78 is 5.26. The van der Waals surface area contributed by atoms with Crippen molar-refractivity contribution in [2.24, 2.45) is 28.6 Å². The van der Waals surface area contributed by atoms with E-state index in [0.29, 0.717) is 47.4 Å². The topological polar surface area (TPSA) is 121 Å². The number of carbonyl (C=O) groups excluding carboxylic acids is 2. The van der Waals surface area contributed by atoms with Gasteiger partial charge in [0.15, 0.2) is 9.52 Å². The van der Waals surface area contributed by atoms with Crippen LogP contribution in [0.1, 0.15) is 128 Å². The van der Waals surface area contributed by atoms with Crippen molar-refractivity contribution >= 4 is 49.6 Å². The predicted molar refractivity (Wildman–Crippen MR) is 208 cm³/mol. The number of alkyl halides is 2. The third-order valence-electron chi connectivity index (χ3n) is 12.6. The van der Waals surface area contributed by atoms with Gasteiger partial charge in [-0.25, -0.2) is 0 Å². The number of halogens is 2. The van der Waals surface area contributed by atoms with Gasteiger partial charge in [0.1, 0.15) is 17.6 Å². The van der Waals surface area contributed by atoms with E-state index < -0.39 is 9.71 Å². The van der Waals surface area contributed by atoms with Gasteiger partial charge in [0, 0.05) is 18.3 Å². The maximum absolute atomic E-state index is 11.9. The summed E-state index contributed by atoms with van der Waals surface area (Å²) in [5, 5.41) is 26.8. The summed E-state index contributed by atoms with van der Waals surface area (Å²) in [5.41, 5.74) is 4.33. The van der Waals surface area contributed by atoms with Crippen LogP contribution in [-0.2, 0) is 19.1 Å². The minimum atomic E-state index is -0.907. The number of ketones is 1. The first-order valence-corrected chi connectivity index (χ1v) is 20.5. The summed E-state index contributed by atoms with van der Waals surface area (Å²) in [6.07, 6.45) is 13.4. The Kier molecular flexibility index (Phi) is 14.4. The van der Waals surface area contributed by atoms with E-state index in [2.05, 4.69) is 59.6 Å². The van der Waals surface area contributed by atoms with Crippen LogP contribution in [-0.4, -0.2) is 42.9 Å². The molecule has 0 amide bonds. The molecule has 9 heteroatoms. The van der Waals surface area contributed by atoms with Crippen molar-refractivity contribution in [3.8, 4) is 11.5 Å². The quantitative estimate of drug-likeness (QED) is 0.179. The summed E-state index contributed by atoms with van der Waals surface area (Å²) in [4.78, 5) is 33.4. The second kappa shape index (κ2) is 17.9. The van der Waals surface area contributed by atoms with Crippen molar-refractivity contribution in [1.82, 2.24) is 0 Å². The number of rotatable bonds is 8. The first-order valence-electron chi connectivity index (χ1n) is 18.7. The Morgan fingerprint density at radius 3 is 1.80 bits per heavy atom. The van der Waals surface area contributed by atoms with Crippen molar-refractivity contribution in [2.45, 2.75) is 127 Å². The SMILES string of the molecule is CCC(=O)O[C@H]1CC[C@H]2[C@@H]3CCC4=CC(=O)CC[C@]4(C)[C@H]3CC[C@]12C.CC[C@H](c1ccc(O)cc1)[C@@H](CC)c1ccc(O)cc1.O=C(O)C(Br)Br. The van der Waals surface area contributed by atoms with E-state index in [9.17, 15) is 24.6 Å². The number of aliphatic carboxylic acids is 1. The molecule has 3 N–H and O–H groups in total. The highest BCUT2D eigenvalue weighted by atomic mass is 79.9. The van der Waals surface area contributed by atoms with Gasteiger partial charge in [-0.1, -0.05) is 96.3 Å². The van der Waals surface area contributed by atoms with Crippen LogP contribution in [0.2, 0.25) is 0 Å². The smallest absolute Gasteiger partial charge is 0.328 e. The molecule has 4 aliphatic rings. The molecule has 280 valence electrons. The minimum Gasteiger partial charge on any atom is -0.508 e. The lowest BCUT2D eigenvalue weighted by Gasteiger charge is -2.57. The van der Waals surface area contributed by atoms with Crippen LogP contribution in [0.25, 0.3) is 0 Å². The molecule has 6 rings (SSSR count). The number of fused-ring (bicyclic) bond motifs is 5. The maximum Gasteiger partial charge on any atom is 0.328 e. The van der Waals surface area contributed by atoms with E-state index in [1.807, 2.05) is 37.3 Å². The van der Waals surface area contributed by atoms with Crippen LogP contribution in [0, 0.1) is 28.6 Å². The number of benzene rings is 2. The summed E-state index contributed by atoms with van der Waals surface area (Å²) in [6.45, 7) is 11.1. The average molecular weight is 833 g/mol. The molecule has 2 aromatic rings. The van der Waals surface area contributed by atoms with Crippen LogP contribution >= 0.6 is 31.9 Å². The number of aromatic hydroxyl groups is 2. The Morgan fingerprint density at radius 2 is 1.33 bits per heavy atom. The monoisotopic (exact) mass is 830 g/mol. The van der Waals surface area contributed by atoms with Crippen molar-refractivity contribution < 1.29 is 34.4 Å². The first-order chi connectivity index (χ1) is 24.2. The third kappa shape index (κ3) is 9.48. The molecule has 8 atom stereocenters. The van der Waals surface area contributed by atoms with Gasteiger partial charge in [-0.15, -0.1) is 0 Å². The number of hydrogen-bond acceptors (Lipinski definition) is 6. The molecule has 3 saturated carbocycles. The van der Waals surface area contributed by atoms with Crippen molar-refractivity contribution in [3.05, 3.63) is 71.3 Å². The number of carboxylic acids is 1. The Morgan fingerprint density at radius 1 is 0.804 bits per heavy atom. The van der Waals surface area contributed by atoms with Gasteiger partial charge in [-0.2, -0.15) is 0 Å². The van der Waals surface area contributed by atoms with Gasteiger partial charge in [0.2, 0.25) is 0 Å². The second-order valence-electron chi connectivity index (χ2n) is 15.3. The van der Waals surface area contributed by atoms with E-state index in [1.54, 1.807) is 24.3 Å². The summed E-state index contributed by atoms with van der Waals surface area (Å²) >= 11 is 5.51. The normalized spacial score (nSPS) is 29.0. The average Bonchev–Trinajstić information content (AvgIpc) is 3.44. The fourth-order valence-corrected chi connectivity index (χ4v) is 9.89. The summed E-state index contributed by atoms with van der Waals surface area (Å²) in [7, 11) is 0. The van der Waals surface area contributed by atoms with Crippen molar-refractivity contribution in [3.63, 3.8) is 0 Å².